The molecule has 2 aliphatic rings. The van der Waals surface area contributed by atoms with Crippen LogP contribution in [0.1, 0.15) is 34.1 Å². The van der Waals surface area contributed by atoms with E-state index in [1.54, 1.807) is 6.20 Å². The van der Waals surface area contributed by atoms with Crippen LogP contribution in [0.3, 0.4) is 0 Å². The van der Waals surface area contributed by atoms with Gasteiger partial charge in [0.15, 0.2) is 0 Å². The quantitative estimate of drug-likeness (QED) is 0.849. The number of carbonyl (C=O) groups is 1. The Balaban J connectivity index is 1.56. The van der Waals surface area contributed by atoms with Crippen LogP contribution in [0.2, 0.25) is 0 Å². The number of benzene rings is 1. The number of fused-ring (bicyclic) bond motifs is 2. The third-order valence-corrected chi connectivity index (χ3v) is 4.08. The van der Waals surface area contributed by atoms with E-state index in [0.29, 0.717) is 13.1 Å². The van der Waals surface area contributed by atoms with Crippen LogP contribution < -0.4 is 4.74 Å². The van der Waals surface area contributed by atoms with Crippen molar-refractivity contribution < 1.29 is 9.53 Å². The molecule has 0 saturated carbocycles. The molecule has 0 radical (unpaired) electrons. The monoisotopic (exact) mass is 280 g/mol. The molecule has 2 aromatic rings. The van der Waals surface area contributed by atoms with Crippen LogP contribution in [0.4, 0.5) is 0 Å². The smallest absolute Gasteiger partial charge is 0.256 e. The molecule has 4 heteroatoms. The third kappa shape index (κ3) is 2.07. The van der Waals surface area contributed by atoms with E-state index in [2.05, 4.69) is 18.0 Å². The molecule has 0 saturated heterocycles. The Morgan fingerprint density at radius 2 is 2.29 bits per heavy atom. The van der Waals surface area contributed by atoms with Crippen LogP contribution in [0.5, 0.6) is 5.75 Å². The summed E-state index contributed by atoms with van der Waals surface area (Å²) in [7, 11) is 0. The molecule has 0 fully saturated rings. The summed E-state index contributed by atoms with van der Waals surface area (Å²) in [6, 6.07) is 9.88. The number of carbonyl (C=O) groups excluding carboxylic acids is 1. The molecule has 1 aromatic carbocycles. The second-order valence-electron chi connectivity index (χ2n) is 5.73. The van der Waals surface area contributed by atoms with Gasteiger partial charge in [-0.3, -0.25) is 9.78 Å². The van der Waals surface area contributed by atoms with Gasteiger partial charge in [0.25, 0.3) is 5.91 Å². The standard InChI is InChI=1S/C17H16N2O2/c1-11-7-13-8-12(4-5-16(13)21-11)9-19-10-15-14(17(19)20)3-2-6-18-15/h2-6,8,11H,7,9-10H2,1H3/t11-/m0/s1. The predicted octanol–water partition coefficient (Wildman–Crippen LogP) is 2.56. The molecule has 0 spiro atoms. The predicted molar refractivity (Wildman–Crippen MR) is 78.1 cm³/mol. The first kappa shape index (κ1) is 12.4. The van der Waals surface area contributed by atoms with E-state index >= 15 is 0 Å². The van der Waals surface area contributed by atoms with Gasteiger partial charge in [0.1, 0.15) is 11.9 Å². The summed E-state index contributed by atoms with van der Waals surface area (Å²) >= 11 is 0. The van der Waals surface area contributed by atoms with Gasteiger partial charge in [0.2, 0.25) is 0 Å². The summed E-state index contributed by atoms with van der Waals surface area (Å²) in [4.78, 5) is 18.5. The number of ether oxygens (including phenoxy) is 1. The van der Waals surface area contributed by atoms with Gasteiger partial charge in [-0.15, -0.1) is 0 Å². The Kier molecular flexibility index (Phi) is 2.70. The fraction of sp³-hybridized carbons (Fsp3) is 0.294. The van der Waals surface area contributed by atoms with Crippen LogP contribution in [0, 0.1) is 0 Å². The van der Waals surface area contributed by atoms with Crippen LogP contribution in [-0.2, 0) is 19.5 Å². The third-order valence-electron chi connectivity index (χ3n) is 4.08. The lowest BCUT2D eigenvalue weighted by atomic mass is 10.1. The number of nitrogens with zero attached hydrogens (tertiary/aromatic N) is 2. The molecule has 1 amide bonds. The van der Waals surface area contributed by atoms with Crippen LogP contribution in [0.15, 0.2) is 36.5 Å². The van der Waals surface area contributed by atoms with Crippen LogP contribution in [0.25, 0.3) is 0 Å². The minimum atomic E-state index is 0.0724. The zero-order valence-corrected chi connectivity index (χ0v) is 11.9. The van der Waals surface area contributed by atoms with Gasteiger partial charge in [0.05, 0.1) is 17.8 Å². The minimum Gasteiger partial charge on any atom is -0.490 e. The van der Waals surface area contributed by atoms with Crippen molar-refractivity contribution in [3.05, 3.63) is 58.9 Å². The van der Waals surface area contributed by atoms with Crippen LogP contribution in [-0.4, -0.2) is 21.9 Å². The fourth-order valence-corrected chi connectivity index (χ4v) is 3.10. The van der Waals surface area contributed by atoms with E-state index in [1.165, 1.54) is 5.56 Å². The topological polar surface area (TPSA) is 42.4 Å². The highest BCUT2D eigenvalue weighted by atomic mass is 16.5. The molecule has 4 rings (SSSR count). The highest BCUT2D eigenvalue weighted by Crippen LogP contribution is 2.30. The van der Waals surface area contributed by atoms with Crippen molar-refractivity contribution in [1.29, 1.82) is 0 Å². The maximum Gasteiger partial charge on any atom is 0.256 e. The highest BCUT2D eigenvalue weighted by Gasteiger charge is 2.28. The molecule has 1 atom stereocenters. The Morgan fingerprint density at radius 3 is 3.14 bits per heavy atom. The molecule has 0 unspecified atom stereocenters. The van der Waals surface area contributed by atoms with Gasteiger partial charge < -0.3 is 9.64 Å². The molecule has 106 valence electrons. The summed E-state index contributed by atoms with van der Waals surface area (Å²) in [5.74, 6) is 1.05. The van der Waals surface area contributed by atoms with Gasteiger partial charge >= 0.3 is 0 Å². The van der Waals surface area contributed by atoms with Gasteiger partial charge in [-0.25, -0.2) is 0 Å². The molecule has 1 aromatic heterocycles. The first-order valence-corrected chi connectivity index (χ1v) is 7.22. The van der Waals surface area contributed by atoms with Crippen LogP contribution >= 0.6 is 0 Å². The molecular formula is C17H16N2O2. The van der Waals surface area contributed by atoms with E-state index in [0.717, 1.165) is 29.0 Å². The summed E-state index contributed by atoms with van der Waals surface area (Å²) < 4.78 is 5.71. The van der Waals surface area contributed by atoms with Crippen molar-refractivity contribution in [2.24, 2.45) is 0 Å². The maximum atomic E-state index is 12.3. The first-order chi connectivity index (χ1) is 10.2. The average molecular weight is 280 g/mol. The Hall–Kier alpha value is -2.36. The normalized spacial score (nSPS) is 19.4. The van der Waals surface area contributed by atoms with Crippen molar-refractivity contribution in [1.82, 2.24) is 9.88 Å². The molecule has 0 aliphatic carbocycles. The molecule has 0 bridgehead atoms. The molecular weight excluding hydrogens is 264 g/mol. The number of rotatable bonds is 2. The molecule has 21 heavy (non-hydrogen) atoms. The van der Waals surface area contributed by atoms with Gasteiger partial charge in [-0.1, -0.05) is 12.1 Å². The van der Waals surface area contributed by atoms with Gasteiger partial charge in [0, 0.05) is 19.2 Å². The van der Waals surface area contributed by atoms with E-state index in [4.69, 9.17) is 4.74 Å². The lowest BCUT2D eigenvalue weighted by Gasteiger charge is -2.15. The Labute approximate surface area is 123 Å². The van der Waals surface area contributed by atoms with Crippen molar-refractivity contribution in [2.75, 3.05) is 0 Å². The van der Waals surface area contributed by atoms with E-state index in [1.807, 2.05) is 29.2 Å². The number of amides is 1. The second kappa shape index (κ2) is 4.58. The molecule has 4 nitrogen and oxygen atoms in total. The zero-order chi connectivity index (χ0) is 14.4. The van der Waals surface area contributed by atoms with Gasteiger partial charge in [-0.05, 0) is 36.2 Å². The largest absolute Gasteiger partial charge is 0.490 e. The minimum absolute atomic E-state index is 0.0724. The van der Waals surface area contributed by atoms with Crippen molar-refractivity contribution in [3.63, 3.8) is 0 Å². The number of hydrogen-bond acceptors (Lipinski definition) is 3. The highest BCUT2D eigenvalue weighted by molar-refractivity contribution is 5.97. The van der Waals surface area contributed by atoms with Crippen molar-refractivity contribution in [2.45, 2.75) is 32.5 Å². The SMILES string of the molecule is C[C@H]1Cc2cc(CN3Cc4ncccc4C3=O)ccc2O1. The molecule has 3 heterocycles. The molecule has 0 N–H and O–H groups in total. The average Bonchev–Trinajstić information content (AvgIpc) is 2.99. The van der Waals surface area contributed by atoms with Gasteiger partial charge in [-0.2, -0.15) is 0 Å². The fourth-order valence-electron chi connectivity index (χ4n) is 3.10. The summed E-state index contributed by atoms with van der Waals surface area (Å²) in [5, 5.41) is 0. The summed E-state index contributed by atoms with van der Waals surface area (Å²) in [6.45, 7) is 3.29. The summed E-state index contributed by atoms with van der Waals surface area (Å²) in [5.41, 5.74) is 3.99. The number of hydrogen-bond donors (Lipinski definition) is 0. The lowest BCUT2D eigenvalue weighted by molar-refractivity contribution is 0.0766. The Bertz CT molecular complexity index is 726. The zero-order valence-electron chi connectivity index (χ0n) is 11.9. The van der Waals surface area contributed by atoms with Crippen molar-refractivity contribution >= 4 is 5.91 Å². The Morgan fingerprint density at radius 1 is 1.38 bits per heavy atom. The van der Waals surface area contributed by atoms with Crippen molar-refractivity contribution in [3.8, 4) is 5.75 Å². The summed E-state index contributed by atoms with van der Waals surface area (Å²) in [6.07, 6.45) is 2.93. The van der Waals surface area contributed by atoms with E-state index in [9.17, 15) is 4.79 Å². The molecule has 2 aliphatic heterocycles. The maximum absolute atomic E-state index is 12.3. The number of pyridine rings is 1. The lowest BCUT2D eigenvalue weighted by Crippen LogP contribution is -2.23. The first-order valence-electron chi connectivity index (χ1n) is 7.22. The van der Waals surface area contributed by atoms with E-state index < -0.39 is 0 Å². The van der Waals surface area contributed by atoms with E-state index in [-0.39, 0.29) is 12.0 Å². The number of aromatic nitrogens is 1. The second-order valence-corrected chi connectivity index (χ2v) is 5.73.